The van der Waals surface area contributed by atoms with Crippen LogP contribution in [0.1, 0.15) is 27.7 Å². The summed E-state index contributed by atoms with van der Waals surface area (Å²) in [6.07, 6.45) is 0. The van der Waals surface area contributed by atoms with Crippen molar-refractivity contribution in [1.29, 1.82) is 0 Å². The second kappa shape index (κ2) is 11.6. The zero-order valence-electron chi connectivity index (χ0n) is 21.8. The average Bonchev–Trinajstić information content (AvgIpc) is 2.89. The van der Waals surface area contributed by atoms with E-state index in [9.17, 15) is 19.3 Å². The number of fused-ring (bicyclic) bond motifs is 2. The average molecular weight is 559 g/mol. The first-order chi connectivity index (χ1) is 18.2. The maximum Gasteiger partial charge on any atom is 0.365 e. The first-order valence-corrected chi connectivity index (χ1v) is 15.6. The van der Waals surface area contributed by atoms with Gasteiger partial charge in [-0.3, -0.25) is 9.13 Å². The topological polar surface area (TPSA) is 112 Å². The molecule has 4 rings (SSSR count). The van der Waals surface area contributed by atoms with Gasteiger partial charge in [-0.05, 0) is 61.4 Å². The molecule has 0 radical (unpaired) electrons. The van der Waals surface area contributed by atoms with Gasteiger partial charge in [-0.25, -0.2) is 0 Å². The van der Waals surface area contributed by atoms with E-state index in [2.05, 4.69) is 0 Å². The van der Waals surface area contributed by atoms with Crippen LogP contribution in [-0.2, 0) is 27.2 Å². The summed E-state index contributed by atoms with van der Waals surface area (Å²) in [6, 6.07) is 17.5. The standard InChI is InChI=1S/C28H32O8P2/c1-5-33-37(31,34-6-2)23-17-19-13-9-11-15-21(19)25(27(23)29)26-22-16-12-10-14-20(22)18-24(28(26)30)38(32,35-7-3)36-8-4/h9-18,29-30H,5-8H2,1-4H3. The highest BCUT2D eigenvalue weighted by Crippen LogP contribution is 2.56. The number of hydrogen-bond acceptors (Lipinski definition) is 8. The SMILES string of the molecule is CCOP(=O)(OCC)c1cc2ccccc2c(-c2c(O)c(P(=O)(OCC)OCC)cc3ccccc23)c1O. The van der Waals surface area contributed by atoms with Crippen molar-refractivity contribution in [3.05, 3.63) is 60.7 Å². The Labute approximate surface area is 222 Å². The number of aromatic hydroxyl groups is 2. The van der Waals surface area contributed by atoms with Gasteiger partial charge in [-0.15, -0.1) is 0 Å². The van der Waals surface area contributed by atoms with Crippen LogP contribution in [0.15, 0.2) is 60.7 Å². The minimum absolute atomic E-state index is 0.0263. The van der Waals surface area contributed by atoms with Gasteiger partial charge in [-0.2, -0.15) is 0 Å². The first-order valence-electron chi connectivity index (χ1n) is 12.5. The summed E-state index contributed by atoms with van der Waals surface area (Å²) in [7, 11) is -7.88. The van der Waals surface area contributed by atoms with Crippen LogP contribution in [0.4, 0.5) is 0 Å². The van der Waals surface area contributed by atoms with Crippen molar-refractivity contribution >= 4 is 47.3 Å². The Balaban J connectivity index is 2.20. The third kappa shape index (κ3) is 5.01. The highest BCUT2D eigenvalue weighted by atomic mass is 31.2. The lowest BCUT2D eigenvalue weighted by Crippen LogP contribution is -2.14. The third-order valence-electron chi connectivity index (χ3n) is 6.04. The zero-order chi connectivity index (χ0) is 27.5. The molecule has 0 heterocycles. The smallest absolute Gasteiger partial charge is 0.365 e. The van der Waals surface area contributed by atoms with Gasteiger partial charge in [0, 0.05) is 11.1 Å². The van der Waals surface area contributed by atoms with Gasteiger partial charge in [-0.1, -0.05) is 48.5 Å². The summed E-state index contributed by atoms with van der Waals surface area (Å²) < 4.78 is 50.0. The Morgan fingerprint density at radius 3 is 1.21 bits per heavy atom. The summed E-state index contributed by atoms with van der Waals surface area (Å²) in [4.78, 5) is 0. The van der Waals surface area contributed by atoms with E-state index in [0.29, 0.717) is 21.5 Å². The molecular weight excluding hydrogens is 526 g/mol. The van der Waals surface area contributed by atoms with E-state index >= 15 is 0 Å². The lowest BCUT2D eigenvalue weighted by Gasteiger charge is -2.24. The third-order valence-corrected chi connectivity index (χ3v) is 10.3. The number of rotatable bonds is 11. The van der Waals surface area contributed by atoms with Crippen LogP contribution in [0.3, 0.4) is 0 Å². The lowest BCUT2D eigenvalue weighted by atomic mass is 9.92. The van der Waals surface area contributed by atoms with Gasteiger partial charge in [0.15, 0.2) is 0 Å². The Kier molecular flexibility index (Phi) is 8.63. The second-order valence-electron chi connectivity index (χ2n) is 8.35. The molecule has 0 spiro atoms. The number of hydrogen-bond donors (Lipinski definition) is 2. The fourth-order valence-electron chi connectivity index (χ4n) is 4.60. The molecule has 4 aromatic carbocycles. The summed E-state index contributed by atoms with van der Waals surface area (Å²) in [5.74, 6) is -0.733. The molecule has 0 amide bonds. The predicted octanol–water partition coefficient (Wildman–Crippen LogP) is 6.85. The van der Waals surface area contributed by atoms with Gasteiger partial charge in [0.25, 0.3) is 0 Å². The fraction of sp³-hybridized carbons (Fsp3) is 0.286. The maximum absolute atomic E-state index is 13.9. The lowest BCUT2D eigenvalue weighted by molar-refractivity contribution is 0.228. The Morgan fingerprint density at radius 2 is 0.895 bits per heavy atom. The van der Waals surface area contributed by atoms with E-state index in [0.717, 1.165) is 0 Å². The zero-order valence-corrected chi connectivity index (χ0v) is 23.6. The molecule has 0 bridgehead atoms. The van der Waals surface area contributed by atoms with E-state index in [4.69, 9.17) is 18.1 Å². The Hall–Kier alpha value is -2.70. The molecular formula is C28H32O8P2. The van der Waals surface area contributed by atoms with Crippen LogP contribution in [0.2, 0.25) is 0 Å². The fourth-order valence-corrected chi connectivity index (χ4v) is 8.00. The number of phenolic OH excluding ortho intramolecular Hbond substituents is 2. The maximum atomic E-state index is 13.9. The molecule has 8 nitrogen and oxygen atoms in total. The van der Waals surface area contributed by atoms with Gasteiger partial charge >= 0.3 is 15.2 Å². The molecule has 0 aromatic heterocycles. The van der Waals surface area contributed by atoms with Crippen LogP contribution in [-0.4, -0.2) is 36.6 Å². The van der Waals surface area contributed by atoms with E-state index in [1.807, 2.05) is 12.1 Å². The highest BCUT2D eigenvalue weighted by Gasteiger charge is 2.36. The monoisotopic (exact) mass is 558 g/mol. The summed E-state index contributed by atoms with van der Waals surface area (Å²) in [6.45, 7) is 7.11. The van der Waals surface area contributed by atoms with Crippen molar-refractivity contribution in [2.75, 3.05) is 26.4 Å². The molecule has 0 saturated heterocycles. The summed E-state index contributed by atoms with van der Waals surface area (Å²) in [5, 5.41) is 25.9. The largest absolute Gasteiger partial charge is 0.506 e. The van der Waals surface area contributed by atoms with Crippen LogP contribution < -0.4 is 10.6 Å². The highest BCUT2D eigenvalue weighted by molar-refractivity contribution is 7.62. The van der Waals surface area contributed by atoms with Crippen molar-refractivity contribution in [2.45, 2.75) is 27.7 Å². The molecule has 4 aromatic rings. The molecule has 202 valence electrons. The van der Waals surface area contributed by atoms with Gasteiger partial charge in [0.2, 0.25) is 0 Å². The van der Waals surface area contributed by atoms with Crippen LogP contribution >= 0.6 is 15.2 Å². The molecule has 0 aliphatic rings. The normalized spacial score (nSPS) is 12.4. The summed E-state index contributed by atoms with van der Waals surface area (Å²) in [5.41, 5.74) is 0.403. The minimum Gasteiger partial charge on any atom is -0.506 e. The van der Waals surface area contributed by atoms with Gasteiger partial charge in [0.1, 0.15) is 22.1 Å². The van der Waals surface area contributed by atoms with Crippen molar-refractivity contribution in [2.24, 2.45) is 0 Å². The van der Waals surface area contributed by atoms with E-state index in [-0.39, 0.29) is 59.7 Å². The van der Waals surface area contributed by atoms with Crippen molar-refractivity contribution in [3.63, 3.8) is 0 Å². The Morgan fingerprint density at radius 1 is 0.579 bits per heavy atom. The van der Waals surface area contributed by atoms with Crippen molar-refractivity contribution in [1.82, 2.24) is 0 Å². The van der Waals surface area contributed by atoms with Crippen LogP contribution in [0.25, 0.3) is 32.7 Å². The summed E-state index contributed by atoms with van der Waals surface area (Å²) >= 11 is 0. The molecule has 0 aliphatic carbocycles. The van der Waals surface area contributed by atoms with Gasteiger partial charge in [0.05, 0.1) is 26.4 Å². The molecule has 10 heteroatoms. The molecule has 0 fully saturated rings. The minimum atomic E-state index is -3.94. The van der Waals surface area contributed by atoms with Crippen LogP contribution in [0.5, 0.6) is 11.5 Å². The molecule has 0 atom stereocenters. The van der Waals surface area contributed by atoms with E-state index in [1.54, 1.807) is 76.2 Å². The number of phenols is 2. The van der Waals surface area contributed by atoms with Crippen molar-refractivity contribution in [3.8, 4) is 22.6 Å². The first kappa shape index (κ1) is 28.3. The van der Waals surface area contributed by atoms with Gasteiger partial charge < -0.3 is 28.3 Å². The molecule has 38 heavy (non-hydrogen) atoms. The second-order valence-corrected chi connectivity index (χ2v) is 12.3. The molecule has 0 unspecified atom stereocenters. The Bertz CT molecular complexity index is 1430. The molecule has 0 aliphatic heterocycles. The number of benzene rings is 4. The molecule has 0 saturated carbocycles. The van der Waals surface area contributed by atoms with E-state index < -0.39 is 15.2 Å². The van der Waals surface area contributed by atoms with E-state index in [1.165, 1.54) is 0 Å². The quantitative estimate of drug-likeness (QED) is 0.192. The van der Waals surface area contributed by atoms with Crippen LogP contribution in [0, 0.1) is 0 Å². The predicted molar refractivity (Wildman–Crippen MR) is 151 cm³/mol. The molecule has 2 N–H and O–H groups in total. The van der Waals surface area contributed by atoms with Crippen molar-refractivity contribution < 1.29 is 37.4 Å².